The fourth-order valence-corrected chi connectivity index (χ4v) is 3.75. The molecule has 1 aliphatic rings. The van der Waals surface area contributed by atoms with Crippen LogP contribution in [0.25, 0.3) is 17.3 Å². The maximum Gasteiger partial charge on any atom is 0.339 e. The van der Waals surface area contributed by atoms with Crippen molar-refractivity contribution in [2.45, 2.75) is 6.42 Å². The predicted octanol–water partition coefficient (Wildman–Crippen LogP) is 2.95. The number of amides is 2. The lowest BCUT2D eigenvalue weighted by atomic mass is 10.1. The molecule has 4 N–H and O–H groups in total. The molecule has 9 heteroatoms. The van der Waals surface area contributed by atoms with Crippen LogP contribution in [0, 0.1) is 0 Å². The summed E-state index contributed by atoms with van der Waals surface area (Å²) >= 11 is 5.20. The van der Waals surface area contributed by atoms with E-state index in [1.54, 1.807) is 18.2 Å². The average Bonchev–Trinajstić information content (AvgIpc) is 3.25. The number of benzene rings is 2. The van der Waals surface area contributed by atoms with E-state index in [2.05, 4.69) is 10.3 Å². The molecule has 8 nitrogen and oxygen atoms in total. The molecule has 2 heterocycles. The molecule has 33 heavy (non-hydrogen) atoms. The van der Waals surface area contributed by atoms with Gasteiger partial charge in [-0.3, -0.25) is 19.8 Å². The van der Waals surface area contributed by atoms with Crippen LogP contribution < -0.4 is 5.32 Å². The van der Waals surface area contributed by atoms with Crippen molar-refractivity contribution in [2.75, 3.05) is 6.54 Å². The molecule has 0 saturated carbocycles. The highest BCUT2D eigenvalue weighted by molar-refractivity contribution is 7.80. The highest BCUT2D eigenvalue weighted by Gasteiger charge is 2.33. The van der Waals surface area contributed by atoms with E-state index in [1.165, 1.54) is 23.1 Å². The Morgan fingerprint density at radius 2 is 1.82 bits per heavy atom. The maximum atomic E-state index is 13.0. The summed E-state index contributed by atoms with van der Waals surface area (Å²) in [6.07, 6.45) is 2.02. The number of hydrogen-bond donors (Lipinski definition) is 4. The number of phenols is 1. The minimum absolute atomic E-state index is 0.0610. The number of nitrogens with one attached hydrogen (secondary N) is 2. The van der Waals surface area contributed by atoms with Crippen LogP contribution >= 0.6 is 12.2 Å². The first-order chi connectivity index (χ1) is 15.8. The van der Waals surface area contributed by atoms with E-state index in [1.807, 2.05) is 30.3 Å². The Hall–Kier alpha value is -4.24. The van der Waals surface area contributed by atoms with E-state index in [0.29, 0.717) is 29.9 Å². The Kier molecular flexibility index (Phi) is 6.05. The molecule has 0 aliphatic carbocycles. The molecule has 1 fully saturated rings. The third kappa shape index (κ3) is 4.68. The largest absolute Gasteiger partial charge is 0.507 e. The summed E-state index contributed by atoms with van der Waals surface area (Å²) in [5.74, 6) is -2.66. The topological polar surface area (TPSA) is 123 Å². The lowest BCUT2D eigenvalue weighted by Crippen LogP contribution is -2.54. The normalized spacial score (nSPS) is 15.1. The van der Waals surface area contributed by atoms with Gasteiger partial charge in [0.2, 0.25) is 0 Å². The Morgan fingerprint density at radius 1 is 1.06 bits per heavy atom. The van der Waals surface area contributed by atoms with Crippen molar-refractivity contribution >= 4 is 41.2 Å². The van der Waals surface area contributed by atoms with Gasteiger partial charge in [0, 0.05) is 23.5 Å². The number of carboxylic acid groups (broad SMARTS) is 1. The number of rotatable bonds is 6. The van der Waals surface area contributed by atoms with Crippen LogP contribution in [0.15, 0.2) is 66.2 Å². The van der Waals surface area contributed by atoms with Gasteiger partial charge in [0.05, 0.1) is 0 Å². The van der Waals surface area contributed by atoms with Gasteiger partial charge in [0.1, 0.15) is 16.9 Å². The number of nitrogens with zero attached hydrogens (tertiary/aromatic N) is 1. The summed E-state index contributed by atoms with van der Waals surface area (Å²) in [6.45, 7) is 0.324. The molecule has 0 spiro atoms. The Labute approximate surface area is 194 Å². The molecule has 2 aromatic carbocycles. The van der Waals surface area contributed by atoms with Gasteiger partial charge < -0.3 is 15.2 Å². The third-order valence-corrected chi connectivity index (χ3v) is 5.52. The summed E-state index contributed by atoms with van der Waals surface area (Å²) in [5.41, 5.74) is 2.39. The summed E-state index contributed by atoms with van der Waals surface area (Å²) in [6, 6.07) is 17.2. The Morgan fingerprint density at radius 3 is 2.52 bits per heavy atom. The standard InChI is InChI=1S/C24H19N3O5S/c28-20-12-15(6-8-17(20)23(31)32)19-9-7-16(25-19)13-18-21(29)26-24(33)27(22(18)30)11-10-14-4-2-1-3-5-14/h1-9,12-13,25,28H,10-11H2,(H,31,32)(H,26,29,33)/b18-13-. The van der Waals surface area contributed by atoms with Crippen molar-refractivity contribution in [3.05, 3.63) is 83.1 Å². The fraction of sp³-hybridized carbons (Fsp3) is 0.0833. The van der Waals surface area contributed by atoms with Gasteiger partial charge in [-0.05, 0) is 54.5 Å². The van der Waals surface area contributed by atoms with Gasteiger partial charge in [-0.1, -0.05) is 36.4 Å². The first-order valence-corrected chi connectivity index (χ1v) is 10.4. The number of carbonyl (C=O) groups is 3. The first-order valence-electron chi connectivity index (χ1n) is 10.0. The molecule has 0 unspecified atom stereocenters. The summed E-state index contributed by atoms with van der Waals surface area (Å²) in [7, 11) is 0. The number of carbonyl (C=O) groups excluding carboxylic acids is 2. The molecule has 0 radical (unpaired) electrons. The van der Waals surface area contributed by atoms with Crippen LogP contribution in [0.2, 0.25) is 0 Å². The van der Waals surface area contributed by atoms with Gasteiger partial charge >= 0.3 is 5.97 Å². The molecule has 3 aromatic rings. The second-order valence-electron chi connectivity index (χ2n) is 7.37. The number of aromatic carboxylic acids is 1. The Balaban J connectivity index is 1.55. The zero-order valence-electron chi connectivity index (χ0n) is 17.2. The minimum atomic E-state index is -1.23. The molecule has 0 atom stereocenters. The van der Waals surface area contributed by atoms with E-state index in [9.17, 15) is 19.5 Å². The number of aromatic nitrogens is 1. The van der Waals surface area contributed by atoms with E-state index in [0.717, 1.165) is 5.56 Å². The van der Waals surface area contributed by atoms with Crippen LogP contribution in [0.1, 0.15) is 21.6 Å². The number of H-pyrrole nitrogens is 1. The van der Waals surface area contributed by atoms with E-state index in [4.69, 9.17) is 17.3 Å². The molecule has 2 amide bonds. The molecule has 1 aromatic heterocycles. The van der Waals surface area contributed by atoms with Gasteiger partial charge in [0.15, 0.2) is 5.11 Å². The zero-order valence-corrected chi connectivity index (χ0v) is 18.1. The molecule has 0 bridgehead atoms. The molecule has 4 rings (SSSR count). The second-order valence-corrected chi connectivity index (χ2v) is 7.76. The summed E-state index contributed by atoms with van der Waals surface area (Å²) < 4.78 is 0. The van der Waals surface area contributed by atoms with Crippen molar-refractivity contribution in [2.24, 2.45) is 0 Å². The van der Waals surface area contributed by atoms with Crippen LogP contribution in [-0.2, 0) is 16.0 Å². The first kappa shape index (κ1) is 22.0. The molecule has 166 valence electrons. The van der Waals surface area contributed by atoms with Crippen molar-refractivity contribution in [1.29, 1.82) is 0 Å². The summed E-state index contributed by atoms with van der Waals surface area (Å²) in [5, 5.41) is 21.6. The van der Waals surface area contributed by atoms with Gasteiger partial charge in [0.25, 0.3) is 11.8 Å². The van der Waals surface area contributed by atoms with Crippen molar-refractivity contribution in [3.63, 3.8) is 0 Å². The van der Waals surface area contributed by atoms with Crippen molar-refractivity contribution in [1.82, 2.24) is 15.2 Å². The van der Waals surface area contributed by atoms with Gasteiger partial charge in [-0.15, -0.1) is 0 Å². The molecule has 1 saturated heterocycles. The van der Waals surface area contributed by atoms with Gasteiger partial charge in [-0.25, -0.2) is 4.79 Å². The average molecular weight is 461 g/mol. The third-order valence-electron chi connectivity index (χ3n) is 5.20. The lowest BCUT2D eigenvalue weighted by molar-refractivity contribution is -0.128. The smallest absolute Gasteiger partial charge is 0.339 e. The molecule has 1 aliphatic heterocycles. The highest BCUT2D eigenvalue weighted by atomic mass is 32.1. The number of hydrogen-bond acceptors (Lipinski definition) is 5. The lowest BCUT2D eigenvalue weighted by Gasteiger charge is -2.28. The zero-order chi connectivity index (χ0) is 23.5. The maximum absolute atomic E-state index is 13.0. The SMILES string of the molecule is O=C1NC(=S)N(CCc2ccccc2)C(=O)/C1=C\c1ccc(-c2ccc(C(=O)O)c(O)c2)[nH]1. The van der Waals surface area contributed by atoms with Crippen LogP contribution in [0.5, 0.6) is 5.75 Å². The van der Waals surface area contributed by atoms with Crippen LogP contribution in [0.4, 0.5) is 0 Å². The molecular formula is C24H19N3O5S. The van der Waals surface area contributed by atoms with E-state index in [-0.39, 0.29) is 22.0 Å². The summed E-state index contributed by atoms with van der Waals surface area (Å²) in [4.78, 5) is 40.9. The number of thiocarbonyl (C=S) groups is 1. The predicted molar refractivity (Wildman–Crippen MR) is 125 cm³/mol. The van der Waals surface area contributed by atoms with Crippen LogP contribution in [0.3, 0.4) is 0 Å². The monoisotopic (exact) mass is 461 g/mol. The fourth-order valence-electron chi connectivity index (χ4n) is 3.48. The minimum Gasteiger partial charge on any atom is -0.507 e. The highest BCUT2D eigenvalue weighted by Crippen LogP contribution is 2.27. The van der Waals surface area contributed by atoms with E-state index >= 15 is 0 Å². The number of aromatic amines is 1. The number of aromatic hydroxyl groups is 1. The van der Waals surface area contributed by atoms with Crippen molar-refractivity contribution < 1.29 is 24.6 Å². The van der Waals surface area contributed by atoms with Crippen LogP contribution in [-0.4, -0.2) is 49.5 Å². The van der Waals surface area contributed by atoms with Gasteiger partial charge in [-0.2, -0.15) is 0 Å². The second kappa shape index (κ2) is 9.09. The quantitative estimate of drug-likeness (QED) is 0.254. The Bertz CT molecular complexity index is 1300. The molecular weight excluding hydrogens is 442 g/mol. The number of carboxylic acids is 1. The van der Waals surface area contributed by atoms with E-state index < -0.39 is 17.8 Å². The van der Waals surface area contributed by atoms with Crippen molar-refractivity contribution in [3.8, 4) is 17.0 Å².